The van der Waals surface area contributed by atoms with Crippen molar-refractivity contribution in [3.63, 3.8) is 0 Å². The third-order valence-electron chi connectivity index (χ3n) is 3.86. The minimum absolute atomic E-state index is 0.104. The number of carbonyl (C=O) groups is 1. The van der Waals surface area contributed by atoms with E-state index in [4.69, 9.17) is 0 Å². The molecule has 8 heteroatoms. The van der Waals surface area contributed by atoms with E-state index in [2.05, 4.69) is 5.32 Å². The van der Waals surface area contributed by atoms with Crippen molar-refractivity contribution in [3.8, 4) is 0 Å². The molecule has 1 heterocycles. The molecule has 1 aromatic rings. The van der Waals surface area contributed by atoms with Crippen LogP contribution in [0.15, 0.2) is 29.2 Å². The molecule has 1 amide bonds. The molecule has 1 saturated heterocycles. The lowest BCUT2D eigenvalue weighted by Gasteiger charge is -2.28. The van der Waals surface area contributed by atoms with Crippen LogP contribution in [0.5, 0.6) is 0 Å². The van der Waals surface area contributed by atoms with Gasteiger partial charge in [-0.2, -0.15) is 8.78 Å². The Balaban J connectivity index is 2.21. The summed E-state index contributed by atoms with van der Waals surface area (Å²) >= 11 is 0. The second-order valence-corrected chi connectivity index (χ2v) is 7.39. The second kappa shape index (κ2) is 7.35. The summed E-state index contributed by atoms with van der Waals surface area (Å²) in [7, 11) is -4.63. The minimum Gasteiger partial charge on any atom is -0.334 e. The number of rotatable bonds is 6. The van der Waals surface area contributed by atoms with Gasteiger partial charge in [0.2, 0.25) is 9.84 Å². The molecule has 1 aromatic carbocycles. The van der Waals surface area contributed by atoms with Crippen molar-refractivity contribution in [1.29, 1.82) is 0 Å². The molecular weight excluding hydrogens is 326 g/mol. The number of hydrogen-bond donors (Lipinski definition) is 1. The number of carbonyl (C=O) groups excluding carboxylic acids is 1. The maximum Gasteiger partial charge on any atom is 0.341 e. The van der Waals surface area contributed by atoms with Crippen LogP contribution in [0.25, 0.3) is 0 Å². The van der Waals surface area contributed by atoms with E-state index in [0.29, 0.717) is 12.1 Å². The van der Waals surface area contributed by atoms with Gasteiger partial charge in [-0.05, 0) is 43.7 Å². The predicted octanol–water partition coefficient (Wildman–Crippen LogP) is 1.90. The van der Waals surface area contributed by atoms with Gasteiger partial charge in [0.1, 0.15) is 0 Å². The molecule has 0 aromatic heterocycles. The Morgan fingerprint density at radius 2 is 2.00 bits per heavy atom. The third-order valence-corrected chi connectivity index (χ3v) is 5.26. The lowest BCUT2D eigenvalue weighted by molar-refractivity contribution is 0.0692. The molecule has 0 spiro atoms. The molecule has 0 aliphatic carbocycles. The van der Waals surface area contributed by atoms with E-state index in [0.717, 1.165) is 38.1 Å². The van der Waals surface area contributed by atoms with E-state index in [1.807, 2.05) is 6.92 Å². The standard InChI is InChI=1S/C15H20F2N2O3S/c1-2-9-19(12-7-8-18-10-12)14(20)11-3-5-13(6-4-11)23(21,22)15(16)17/h3-6,12,15,18H,2,7-10H2,1H3. The largest absolute Gasteiger partial charge is 0.341 e. The number of hydrogen-bond acceptors (Lipinski definition) is 4. The fraction of sp³-hybridized carbons (Fsp3) is 0.533. The molecule has 1 fully saturated rings. The second-order valence-electron chi connectivity index (χ2n) is 5.48. The van der Waals surface area contributed by atoms with Gasteiger partial charge in [-0.1, -0.05) is 6.92 Å². The molecule has 0 radical (unpaired) electrons. The summed E-state index contributed by atoms with van der Waals surface area (Å²) in [5.74, 6) is -3.67. The normalized spacial score (nSPS) is 18.3. The highest BCUT2D eigenvalue weighted by atomic mass is 32.2. The van der Waals surface area contributed by atoms with E-state index >= 15 is 0 Å². The number of nitrogens with one attached hydrogen (secondary N) is 1. The molecule has 1 aliphatic rings. The van der Waals surface area contributed by atoms with Gasteiger partial charge in [0.25, 0.3) is 5.91 Å². The predicted molar refractivity (Wildman–Crippen MR) is 82.2 cm³/mol. The highest BCUT2D eigenvalue weighted by Gasteiger charge is 2.29. The zero-order valence-corrected chi connectivity index (χ0v) is 13.7. The number of sulfone groups is 1. The van der Waals surface area contributed by atoms with Crippen LogP contribution in [0.4, 0.5) is 8.78 Å². The lowest BCUT2D eigenvalue weighted by atomic mass is 10.1. The van der Waals surface area contributed by atoms with Gasteiger partial charge in [-0.25, -0.2) is 8.42 Å². The molecule has 2 rings (SSSR count). The van der Waals surface area contributed by atoms with Crippen LogP contribution >= 0.6 is 0 Å². The van der Waals surface area contributed by atoms with Crippen molar-refractivity contribution in [2.75, 3.05) is 19.6 Å². The number of nitrogens with zero attached hydrogens (tertiary/aromatic N) is 1. The smallest absolute Gasteiger partial charge is 0.334 e. The summed E-state index contributed by atoms with van der Waals surface area (Å²) in [5.41, 5.74) is 0.304. The van der Waals surface area contributed by atoms with Crippen molar-refractivity contribution in [1.82, 2.24) is 10.2 Å². The van der Waals surface area contributed by atoms with Gasteiger partial charge in [-0.3, -0.25) is 4.79 Å². The van der Waals surface area contributed by atoms with Crippen LogP contribution < -0.4 is 5.32 Å². The van der Waals surface area contributed by atoms with Crippen molar-refractivity contribution in [2.45, 2.75) is 36.5 Å². The first-order chi connectivity index (χ1) is 10.9. The SMILES string of the molecule is CCCN(C(=O)c1ccc(S(=O)(=O)C(F)F)cc1)C1CCNC1. The summed E-state index contributed by atoms with van der Waals surface area (Å²) in [6.07, 6.45) is 1.67. The highest BCUT2D eigenvalue weighted by molar-refractivity contribution is 7.91. The van der Waals surface area contributed by atoms with Crippen molar-refractivity contribution >= 4 is 15.7 Å². The average molecular weight is 346 g/mol. The van der Waals surface area contributed by atoms with E-state index in [1.165, 1.54) is 12.1 Å². The van der Waals surface area contributed by atoms with Gasteiger partial charge in [0, 0.05) is 24.7 Å². The fourth-order valence-electron chi connectivity index (χ4n) is 2.65. The van der Waals surface area contributed by atoms with Crippen LogP contribution in [0, 0.1) is 0 Å². The molecule has 1 atom stereocenters. The Kier molecular flexibility index (Phi) is 5.69. The van der Waals surface area contributed by atoms with Gasteiger partial charge in [-0.15, -0.1) is 0 Å². The monoisotopic (exact) mass is 346 g/mol. The quantitative estimate of drug-likeness (QED) is 0.854. The van der Waals surface area contributed by atoms with Gasteiger partial charge in [0.15, 0.2) is 0 Å². The van der Waals surface area contributed by atoms with Crippen LogP contribution in [0.1, 0.15) is 30.1 Å². The molecule has 0 saturated carbocycles. The molecule has 1 aliphatic heterocycles. The molecular formula is C15H20F2N2O3S. The van der Waals surface area contributed by atoms with Gasteiger partial charge < -0.3 is 10.2 Å². The topological polar surface area (TPSA) is 66.5 Å². The summed E-state index contributed by atoms with van der Waals surface area (Å²) < 4.78 is 47.9. The van der Waals surface area contributed by atoms with E-state index < -0.39 is 20.5 Å². The first-order valence-corrected chi connectivity index (χ1v) is 9.06. The number of benzene rings is 1. The zero-order valence-electron chi connectivity index (χ0n) is 12.8. The number of alkyl halides is 2. The first-order valence-electron chi connectivity index (χ1n) is 7.51. The van der Waals surface area contributed by atoms with Crippen LogP contribution in [0.2, 0.25) is 0 Å². The first kappa shape index (κ1) is 17.8. The van der Waals surface area contributed by atoms with E-state index in [-0.39, 0.29) is 11.9 Å². The van der Waals surface area contributed by atoms with Gasteiger partial charge in [0.05, 0.1) is 4.90 Å². The summed E-state index contributed by atoms with van der Waals surface area (Å²) in [4.78, 5) is 13.9. The maximum atomic E-state index is 12.6. The Labute approximate surface area is 134 Å². The molecule has 128 valence electrons. The fourth-order valence-corrected chi connectivity index (χ4v) is 3.37. The molecule has 5 nitrogen and oxygen atoms in total. The Morgan fingerprint density at radius 3 is 2.48 bits per heavy atom. The summed E-state index contributed by atoms with van der Waals surface area (Å²) in [6.45, 7) is 4.15. The van der Waals surface area contributed by atoms with Crippen molar-refractivity contribution in [2.24, 2.45) is 0 Å². The maximum absolute atomic E-state index is 12.6. The third kappa shape index (κ3) is 3.87. The van der Waals surface area contributed by atoms with E-state index in [1.54, 1.807) is 4.90 Å². The molecule has 0 bridgehead atoms. The van der Waals surface area contributed by atoms with Crippen LogP contribution in [0.3, 0.4) is 0 Å². The highest BCUT2D eigenvalue weighted by Crippen LogP contribution is 2.20. The zero-order chi connectivity index (χ0) is 17.0. The molecule has 23 heavy (non-hydrogen) atoms. The minimum atomic E-state index is -4.63. The average Bonchev–Trinajstić information content (AvgIpc) is 3.06. The van der Waals surface area contributed by atoms with Crippen molar-refractivity contribution < 1.29 is 22.0 Å². The van der Waals surface area contributed by atoms with Crippen LogP contribution in [-0.4, -0.2) is 50.7 Å². The summed E-state index contributed by atoms with van der Waals surface area (Å²) in [5, 5.41) is 3.20. The lowest BCUT2D eigenvalue weighted by Crippen LogP contribution is -2.42. The van der Waals surface area contributed by atoms with E-state index in [9.17, 15) is 22.0 Å². The Morgan fingerprint density at radius 1 is 1.35 bits per heavy atom. The Bertz CT molecular complexity index is 641. The Hall–Kier alpha value is -1.54. The summed E-state index contributed by atoms with van der Waals surface area (Å²) in [6, 6.07) is 4.81. The molecule has 1 N–H and O–H groups in total. The number of amides is 1. The van der Waals surface area contributed by atoms with Crippen molar-refractivity contribution in [3.05, 3.63) is 29.8 Å². The van der Waals surface area contributed by atoms with Crippen LogP contribution in [-0.2, 0) is 9.84 Å². The number of halogens is 2. The van der Waals surface area contributed by atoms with Gasteiger partial charge >= 0.3 is 5.76 Å². The molecule has 1 unspecified atom stereocenters.